The molecule has 1 N–H and O–H groups in total. The van der Waals surface area contributed by atoms with Gasteiger partial charge in [0.05, 0.1) is 28.7 Å². The van der Waals surface area contributed by atoms with Crippen LogP contribution in [0.5, 0.6) is 5.75 Å². The summed E-state index contributed by atoms with van der Waals surface area (Å²) in [5, 5.41) is 6.66. The fourth-order valence-corrected chi connectivity index (χ4v) is 5.87. The van der Waals surface area contributed by atoms with E-state index in [1.54, 1.807) is 31.2 Å². The Balaban J connectivity index is 1.09. The quantitative estimate of drug-likeness (QED) is 0.199. The maximum Gasteiger partial charge on any atom is 0.573 e. The van der Waals surface area contributed by atoms with Crippen molar-refractivity contribution in [2.24, 2.45) is 4.99 Å². The van der Waals surface area contributed by atoms with Crippen LogP contribution in [0.2, 0.25) is 0 Å². The minimum Gasteiger partial charge on any atom is -0.406 e. The lowest BCUT2D eigenvalue weighted by Gasteiger charge is -2.20. The second-order valence-corrected chi connectivity index (χ2v) is 11.8. The average molecular weight is 675 g/mol. The van der Waals surface area contributed by atoms with Gasteiger partial charge in [0.2, 0.25) is 5.91 Å². The molecule has 1 unspecified atom stereocenters. The van der Waals surface area contributed by atoms with Crippen LogP contribution in [0.4, 0.5) is 42.5 Å². The van der Waals surface area contributed by atoms with Crippen LogP contribution in [0.25, 0.3) is 5.69 Å². The van der Waals surface area contributed by atoms with Crippen molar-refractivity contribution in [3.63, 3.8) is 0 Å². The largest absolute Gasteiger partial charge is 0.573 e. The van der Waals surface area contributed by atoms with E-state index in [0.717, 1.165) is 34.4 Å². The number of halogens is 6. The first-order valence-corrected chi connectivity index (χ1v) is 15.1. The second-order valence-electron chi connectivity index (χ2n) is 10.9. The van der Waals surface area contributed by atoms with Gasteiger partial charge < -0.3 is 10.1 Å². The number of hydrogen-bond acceptors (Lipinski definition) is 6. The van der Waals surface area contributed by atoms with E-state index >= 15 is 0 Å². The summed E-state index contributed by atoms with van der Waals surface area (Å²) in [7, 11) is 0. The van der Waals surface area contributed by atoms with Crippen LogP contribution in [0.1, 0.15) is 34.9 Å². The number of rotatable bonds is 8. The van der Waals surface area contributed by atoms with Crippen molar-refractivity contribution in [3.05, 3.63) is 95.3 Å². The van der Waals surface area contributed by atoms with Crippen molar-refractivity contribution in [2.75, 3.05) is 16.0 Å². The number of nitrogens with zero attached hydrogens (tertiary/aromatic N) is 5. The minimum atomic E-state index is -4.80. The molecule has 2 fully saturated rings. The first-order chi connectivity index (χ1) is 22.3. The molecule has 1 aliphatic carbocycles. The molecule has 1 aliphatic heterocycles. The fraction of sp³-hybridized carbons (Fsp3) is 0.258. The third-order valence-electron chi connectivity index (χ3n) is 7.38. The van der Waals surface area contributed by atoms with Gasteiger partial charge in [-0.3, -0.25) is 9.69 Å². The fourth-order valence-electron chi connectivity index (χ4n) is 5.01. The first kappa shape index (κ1) is 32.1. The number of amidine groups is 1. The van der Waals surface area contributed by atoms with E-state index in [1.165, 1.54) is 35.3 Å². The topological polar surface area (TPSA) is 102 Å². The molecule has 3 amide bonds. The number of urea groups is 1. The minimum absolute atomic E-state index is 0.00198. The Morgan fingerprint density at radius 3 is 2.53 bits per heavy atom. The number of ether oxygens (including phenoxy) is 1. The molecule has 0 spiro atoms. The first-order valence-electron chi connectivity index (χ1n) is 14.1. The molecule has 6 rings (SSSR count). The summed E-state index contributed by atoms with van der Waals surface area (Å²) in [4.78, 5) is 34.9. The lowest BCUT2D eigenvalue weighted by molar-refractivity contribution is -0.274. The molecule has 0 radical (unpaired) electrons. The number of anilines is 2. The van der Waals surface area contributed by atoms with E-state index in [0.29, 0.717) is 35.5 Å². The normalized spacial score (nSPS) is 18.1. The van der Waals surface area contributed by atoms with Crippen LogP contribution in [0, 0.1) is 12.7 Å². The Bertz CT molecular complexity index is 1880. The van der Waals surface area contributed by atoms with Crippen molar-refractivity contribution in [3.8, 4) is 11.4 Å². The third kappa shape index (κ3) is 7.42. The standard InChI is InChI=1S/C31H24F6N6O3S/c1-17-2-9-21(22-14-30(22,33)34)25(12-17)43-27(44)15-47-29(43)40-28(45)39-24-10-3-18(13-23(24)32)4-11-26-38-16-42(41-26)19-5-7-20(8-6-19)46-31(35,36)37/h2-3,5-10,12-13,16,22H,4,11,14-15H2,1H3,(H,39,45). The van der Waals surface area contributed by atoms with Crippen molar-refractivity contribution >= 4 is 40.2 Å². The number of carbonyl (C=O) groups is 2. The van der Waals surface area contributed by atoms with Crippen molar-refractivity contribution in [2.45, 2.75) is 44.4 Å². The van der Waals surface area contributed by atoms with Crippen LogP contribution in [-0.2, 0) is 17.6 Å². The molecule has 3 aromatic carbocycles. The number of nitrogens with one attached hydrogen (secondary N) is 1. The van der Waals surface area contributed by atoms with Crippen LogP contribution in [0.15, 0.2) is 72.0 Å². The Labute approximate surface area is 267 Å². The lowest BCUT2D eigenvalue weighted by Crippen LogP contribution is -2.31. The van der Waals surface area contributed by atoms with E-state index in [1.807, 2.05) is 0 Å². The summed E-state index contributed by atoms with van der Waals surface area (Å²) < 4.78 is 85.2. The van der Waals surface area contributed by atoms with Gasteiger partial charge in [-0.25, -0.2) is 27.6 Å². The smallest absolute Gasteiger partial charge is 0.406 e. The Morgan fingerprint density at radius 1 is 1.11 bits per heavy atom. The highest BCUT2D eigenvalue weighted by molar-refractivity contribution is 8.15. The number of aromatic nitrogens is 3. The summed E-state index contributed by atoms with van der Waals surface area (Å²) >= 11 is 0.977. The molecule has 4 aromatic rings. The van der Waals surface area contributed by atoms with Crippen molar-refractivity contribution < 1.29 is 40.7 Å². The number of aryl methyl sites for hydroxylation is 3. The maximum atomic E-state index is 15.0. The highest BCUT2D eigenvalue weighted by Gasteiger charge is 2.58. The molecule has 2 aliphatic rings. The molecule has 16 heteroatoms. The number of amides is 3. The number of hydrogen-bond donors (Lipinski definition) is 1. The molecule has 1 aromatic heterocycles. The summed E-state index contributed by atoms with van der Waals surface area (Å²) in [6, 6.07) is 13.2. The van der Waals surface area contributed by atoms with Gasteiger partial charge in [0.15, 0.2) is 11.0 Å². The van der Waals surface area contributed by atoms with Crippen LogP contribution in [0.3, 0.4) is 0 Å². The van der Waals surface area contributed by atoms with E-state index in [4.69, 9.17) is 0 Å². The molecule has 47 heavy (non-hydrogen) atoms. The monoisotopic (exact) mass is 674 g/mol. The highest BCUT2D eigenvalue weighted by Crippen LogP contribution is 2.58. The highest BCUT2D eigenvalue weighted by atomic mass is 32.2. The van der Waals surface area contributed by atoms with Gasteiger partial charge in [-0.2, -0.15) is 10.1 Å². The number of benzene rings is 3. The van der Waals surface area contributed by atoms with Crippen molar-refractivity contribution in [1.29, 1.82) is 0 Å². The van der Waals surface area contributed by atoms with E-state index in [9.17, 15) is 35.9 Å². The van der Waals surface area contributed by atoms with Gasteiger partial charge in [-0.1, -0.05) is 30.0 Å². The molecule has 1 saturated heterocycles. The Morgan fingerprint density at radius 2 is 1.85 bits per heavy atom. The number of carbonyl (C=O) groups excluding carboxylic acids is 2. The molecular weight excluding hydrogens is 650 g/mol. The lowest BCUT2D eigenvalue weighted by atomic mass is 10.0. The van der Waals surface area contributed by atoms with E-state index in [-0.39, 0.29) is 34.5 Å². The average Bonchev–Trinajstić information content (AvgIpc) is 3.29. The van der Waals surface area contributed by atoms with Gasteiger partial charge >= 0.3 is 12.4 Å². The molecule has 1 atom stereocenters. The zero-order chi connectivity index (χ0) is 33.5. The van der Waals surface area contributed by atoms with Gasteiger partial charge in [0, 0.05) is 12.8 Å². The van der Waals surface area contributed by atoms with Gasteiger partial charge in [-0.05, 0) is 72.5 Å². The summed E-state index contributed by atoms with van der Waals surface area (Å²) in [6.07, 6.45) is -3.08. The van der Waals surface area contributed by atoms with E-state index in [2.05, 4.69) is 25.1 Å². The summed E-state index contributed by atoms with van der Waals surface area (Å²) in [5.41, 5.74) is 2.15. The summed E-state index contributed by atoms with van der Waals surface area (Å²) in [6.45, 7) is 1.76. The molecule has 2 heterocycles. The molecular formula is C31H24F6N6O3S. The molecule has 244 valence electrons. The molecule has 9 nitrogen and oxygen atoms in total. The predicted octanol–water partition coefficient (Wildman–Crippen LogP) is 7.19. The molecule has 0 bridgehead atoms. The second kappa shape index (κ2) is 12.4. The van der Waals surface area contributed by atoms with Crippen LogP contribution < -0.4 is 15.0 Å². The predicted molar refractivity (Wildman–Crippen MR) is 162 cm³/mol. The zero-order valence-corrected chi connectivity index (χ0v) is 25.2. The van der Waals surface area contributed by atoms with Crippen LogP contribution in [-0.4, -0.2) is 49.9 Å². The van der Waals surface area contributed by atoms with Gasteiger partial charge in [0.1, 0.15) is 17.9 Å². The third-order valence-corrected chi connectivity index (χ3v) is 8.30. The Kier molecular flexibility index (Phi) is 8.46. The zero-order valence-electron chi connectivity index (χ0n) is 24.4. The molecule has 1 saturated carbocycles. The van der Waals surface area contributed by atoms with Crippen molar-refractivity contribution in [1.82, 2.24) is 14.8 Å². The maximum absolute atomic E-state index is 15.0. The van der Waals surface area contributed by atoms with E-state index < -0.39 is 36.0 Å². The number of alkyl halides is 5. The Hall–Kier alpha value is -4.86. The summed E-state index contributed by atoms with van der Waals surface area (Å²) in [5.74, 6) is -5.06. The number of aliphatic imine (C=N–C) groups is 1. The number of thioether (sulfide) groups is 1. The van der Waals surface area contributed by atoms with Gasteiger partial charge in [-0.15, -0.1) is 13.2 Å². The van der Waals surface area contributed by atoms with Gasteiger partial charge in [0.25, 0.3) is 5.92 Å². The van der Waals surface area contributed by atoms with Crippen LogP contribution >= 0.6 is 11.8 Å². The SMILES string of the molecule is Cc1ccc(C2CC2(F)F)c(N2C(=O)CSC2=NC(=O)Nc2ccc(CCc3ncn(-c4ccc(OC(F)(F)F)cc4)n3)cc2F)c1.